The van der Waals surface area contributed by atoms with E-state index in [1.165, 1.54) is 12.1 Å². The summed E-state index contributed by atoms with van der Waals surface area (Å²) in [5.41, 5.74) is 2.19. The summed E-state index contributed by atoms with van der Waals surface area (Å²) < 4.78 is 23.9. The molecule has 0 amide bonds. The van der Waals surface area contributed by atoms with Gasteiger partial charge in [0.25, 0.3) is 0 Å². The summed E-state index contributed by atoms with van der Waals surface area (Å²) in [6.45, 7) is 4.07. The molecular weight excluding hydrogens is 317 g/mol. The van der Waals surface area contributed by atoms with E-state index in [2.05, 4.69) is 5.32 Å². The molecule has 0 saturated carbocycles. The first-order valence-electron chi connectivity index (χ1n) is 7.48. The molecular formula is C18H23ClFNO2. The lowest BCUT2D eigenvalue weighted by Gasteiger charge is -2.14. The Balaban J connectivity index is 0.00000264. The van der Waals surface area contributed by atoms with E-state index >= 15 is 0 Å². The van der Waals surface area contributed by atoms with Gasteiger partial charge in [-0.2, -0.15) is 0 Å². The summed E-state index contributed by atoms with van der Waals surface area (Å²) in [4.78, 5) is 0. The maximum absolute atomic E-state index is 12.8. The van der Waals surface area contributed by atoms with Crippen molar-refractivity contribution in [1.29, 1.82) is 0 Å². The molecule has 2 aromatic carbocycles. The molecule has 1 N–H and O–H groups in total. The van der Waals surface area contributed by atoms with Crippen molar-refractivity contribution in [3.05, 3.63) is 59.4 Å². The highest BCUT2D eigenvalue weighted by molar-refractivity contribution is 5.85. The highest BCUT2D eigenvalue weighted by Gasteiger charge is 2.09. The lowest BCUT2D eigenvalue weighted by Crippen LogP contribution is -2.17. The van der Waals surface area contributed by atoms with E-state index < -0.39 is 0 Å². The Morgan fingerprint density at radius 3 is 2.48 bits per heavy atom. The van der Waals surface area contributed by atoms with Gasteiger partial charge >= 0.3 is 0 Å². The molecule has 0 spiro atoms. The van der Waals surface area contributed by atoms with Crippen molar-refractivity contribution in [2.75, 3.05) is 20.3 Å². The Morgan fingerprint density at radius 1 is 1.09 bits per heavy atom. The Bertz CT molecular complexity index is 590. The highest BCUT2D eigenvalue weighted by Crippen LogP contribution is 2.30. The van der Waals surface area contributed by atoms with Gasteiger partial charge in [-0.3, -0.25) is 0 Å². The quantitative estimate of drug-likeness (QED) is 0.738. The number of ether oxygens (including phenoxy) is 2. The molecule has 0 unspecified atom stereocenters. The lowest BCUT2D eigenvalue weighted by molar-refractivity contribution is 0.307. The first-order chi connectivity index (χ1) is 10.7. The maximum atomic E-state index is 12.8. The molecule has 3 nitrogen and oxygen atoms in total. The molecule has 0 fully saturated rings. The van der Waals surface area contributed by atoms with Gasteiger partial charge in [-0.25, -0.2) is 4.39 Å². The number of rotatable bonds is 8. The van der Waals surface area contributed by atoms with Gasteiger partial charge in [0.2, 0.25) is 0 Å². The summed E-state index contributed by atoms with van der Waals surface area (Å²) >= 11 is 0. The monoisotopic (exact) mass is 339 g/mol. The molecule has 5 heteroatoms. The van der Waals surface area contributed by atoms with Crippen LogP contribution in [0, 0.1) is 5.82 Å². The Labute approximate surface area is 143 Å². The summed E-state index contributed by atoms with van der Waals surface area (Å²) in [6, 6.07) is 12.5. The average molecular weight is 340 g/mol. The lowest BCUT2D eigenvalue weighted by atomic mass is 10.1. The van der Waals surface area contributed by atoms with Crippen molar-refractivity contribution >= 4 is 12.4 Å². The van der Waals surface area contributed by atoms with Crippen molar-refractivity contribution in [1.82, 2.24) is 5.32 Å². The topological polar surface area (TPSA) is 30.5 Å². The Morgan fingerprint density at radius 2 is 1.83 bits per heavy atom. The van der Waals surface area contributed by atoms with Gasteiger partial charge in [0.15, 0.2) is 11.5 Å². The predicted octanol–water partition coefficient (Wildman–Crippen LogP) is 3.99. The van der Waals surface area contributed by atoms with Gasteiger partial charge in [-0.05, 0) is 43.7 Å². The smallest absolute Gasteiger partial charge is 0.165 e. The van der Waals surface area contributed by atoms with Crippen LogP contribution in [0.5, 0.6) is 11.5 Å². The largest absolute Gasteiger partial charge is 0.493 e. The summed E-state index contributed by atoms with van der Waals surface area (Å²) in [5.74, 6) is 1.34. The highest BCUT2D eigenvalue weighted by atomic mass is 35.5. The predicted molar refractivity (Wildman–Crippen MR) is 93.2 cm³/mol. The van der Waals surface area contributed by atoms with Crippen LogP contribution in [0.4, 0.5) is 4.39 Å². The van der Waals surface area contributed by atoms with Crippen LogP contribution in [0.15, 0.2) is 42.5 Å². The molecule has 0 aliphatic rings. The molecule has 0 aliphatic carbocycles. The first-order valence-corrected chi connectivity index (χ1v) is 7.48. The minimum atomic E-state index is -0.200. The van der Waals surface area contributed by atoms with Crippen molar-refractivity contribution in [3.63, 3.8) is 0 Å². The second-order valence-electron chi connectivity index (χ2n) is 4.93. The van der Waals surface area contributed by atoms with Gasteiger partial charge < -0.3 is 14.8 Å². The van der Waals surface area contributed by atoms with E-state index in [9.17, 15) is 4.39 Å². The number of para-hydroxylation sites is 1. The molecule has 0 aliphatic heterocycles. The summed E-state index contributed by atoms with van der Waals surface area (Å²) in [7, 11) is 1.64. The van der Waals surface area contributed by atoms with E-state index in [0.717, 1.165) is 35.6 Å². The number of halogens is 2. The Hall–Kier alpha value is -1.78. The zero-order valence-electron chi connectivity index (χ0n) is 13.5. The number of hydrogen-bond donors (Lipinski definition) is 1. The van der Waals surface area contributed by atoms with Crippen LogP contribution in [0.25, 0.3) is 0 Å². The zero-order chi connectivity index (χ0) is 15.8. The number of nitrogens with one attached hydrogen (secondary N) is 1. The van der Waals surface area contributed by atoms with E-state index in [0.29, 0.717) is 13.2 Å². The molecule has 126 valence electrons. The maximum Gasteiger partial charge on any atom is 0.165 e. The minimum absolute atomic E-state index is 0. The first kappa shape index (κ1) is 19.3. The summed E-state index contributed by atoms with van der Waals surface area (Å²) in [5, 5.41) is 3.39. The van der Waals surface area contributed by atoms with Gasteiger partial charge in [0.1, 0.15) is 5.82 Å². The SMILES string of the molecule is CCOc1c(CNCCc2ccc(F)cc2)cccc1OC.Cl. The van der Waals surface area contributed by atoms with Crippen LogP contribution >= 0.6 is 12.4 Å². The third-order valence-electron chi connectivity index (χ3n) is 3.39. The number of methoxy groups -OCH3 is 1. The van der Waals surface area contributed by atoms with Gasteiger partial charge in [0, 0.05) is 12.1 Å². The average Bonchev–Trinajstić information content (AvgIpc) is 2.54. The van der Waals surface area contributed by atoms with Crippen LogP contribution in [0.3, 0.4) is 0 Å². The molecule has 23 heavy (non-hydrogen) atoms. The number of benzene rings is 2. The van der Waals surface area contributed by atoms with E-state index in [4.69, 9.17) is 9.47 Å². The van der Waals surface area contributed by atoms with Crippen molar-refractivity contribution in [2.45, 2.75) is 19.9 Å². The zero-order valence-corrected chi connectivity index (χ0v) is 14.3. The minimum Gasteiger partial charge on any atom is -0.493 e. The molecule has 0 bridgehead atoms. The van der Waals surface area contributed by atoms with Gasteiger partial charge in [-0.1, -0.05) is 24.3 Å². The van der Waals surface area contributed by atoms with Crippen LogP contribution in [0.1, 0.15) is 18.1 Å². The molecule has 2 rings (SSSR count). The normalized spacial score (nSPS) is 10.0. The molecule has 0 aromatic heterocycles. The van der Waals surface area contributed by atoms with Crippen molar-refractivity contribution in [2.24, 2.45) is 0 Å². The molecule has 0 atom stereocenters. The molecule has 2 aromatic rings. The molecule has 0 saturated heterocycles. The van der Waals surface area contributed by atoms with Crippen LogP contribution < -0.4 is 14.8 Å². The van der Waals surface area contributed by atoms with E-state index in [1.807, 2.05) is 37.3 Å². The second kappa shape index (κ2) is 10.1. The van der Waals surface area contributed by atoms with E-state index in [-0.39, 0.29) is 18.2 Å². The second-order valence-corrected chi connectivity index (χ2v) is 4.93. The van der Waals surface area contributed by atoms with Crippen LogP contribution in [-0.2, 0) is 13.0 Å². The van der Waals surface area contributed by atoms with Crippen LogP contribution in [0.2, 0.25) is 0 Å². The third-order valence-corrected chi connectivity index (χ3v) is 3.39. The van der Waals surface area contributed by atoms with Crippen LogP contribution in [-0.4, -0.2) is 20.3 Å². The van der Waals surface area contributed by atoms with Gasteiger partial charge in [0.05, 0.1) is 13.7 Å². The Kier molecular flexibility index (Phi) is 8.45. The number of hydrogen-bond acceptors (Lipinski definition) is 3. The van der Waals surface area contributed by atoms with Crippen molar-refractivity contribution in [3.8, 4) is 11.5 Å². The van der Waals surface area contributed by atoms with Gasteiger partial charge in [-0.15, -0.1) is 12.4 Å². The third kappa shape index (κ3) is 5.73. The molecule has 0 radical (unpaired) electrons. The standard InChI is InChI=1S/C18H22FNO2.ClH/c1-3-22-18-15(5-4-6-17(18)21-2)13-20-12-11-14-7-9-16(19)10-8-14;/h4-10,20H,3,11-13H2,1-2H3;1H. The fraction of sp³-hybridized carbons (Fsp3) is 0.333. The fourth-order valence-electron chi connectivity index (χ4n) is 2.28. The van der Waals surface area contributed by atoms with Crippen molar-refractivity contribution < 1.29 is 13.9 Å². The fourth-order valence-corrected chi connectivity index (χ4v) is 2.28. The molecule has 0 heterocycles. The van der Waals surface area contributed by atoms with E-state index in [1.54, 1.807) is 7.11 Å². The summed E-state index contributed by atoms with van der Waals surface area (Å²) in [6.07, 6.45) is 0.855.